The highest BCUT2D eigenvalue weighted by atomic mass is 16.5. The third kappa shape index (κ3) is 51.7. The molecule has 0 fully saturated rings. The number of unbranched alkanes of at least 4 members (excludes halogenated alkanes) is 42. The molecule has 0 aliphatic carbocycles. The lowest BCUT2D eigenvalue weighted by Crippen LogP contribution is -2.45. The molecule has 0 spiro atoms. The Morgan fingerprint density at radius 2 is 0.712 bits per heavy atom. The Balaban J connectivity index is 3.43. The van der Waals surface area contributed by atoms with Crippen molar-refractivity contribution in [1.29, 1.82) is 0 Å². The van der Waals surface area contributed by atoms with E-state index in [4.69, 9.17) is 4.74 Å². The number of carbonyl (C=O) groups excluding carboxylic acids is 2. The lowest BCUT2D eigenvalue weighted by molar-refractivity contribution is -0.143. The molecule has 3 N–H and O–H groups in total. The zero-order valence-electron chi connectivity index (χ0n) is 44.4. The van der Waals surface area contributed by atoms with Gasteiger partial charge >= 0.3 is 5.97 Å². The molecule has 0 aromatic heterocycles. The normalized spacial score (nSPS) is 12.7. The van der Waals surface area contributed by atoms with Crippen molar-refractivity contribution in [3.63, 3.8) is 0 Å². The molecule has 0 aliphatic rings. The van der Waals surface area contributed by atoms with Crippen molar-refractivity contribution in [3.8, 4) is 0 Å². The van der Waals surface area contributed by atoms with Crippen LogP contribution in [0.15, 0.2) is 24.3 Å². The summed E-state index contributed by atoms with van der Waals surface area (Å²) in [5.41, 5.74) is 0. The van der Waals surface area contributed by atoms with Gasteiger partial charge in [-0.25, -0.2) is 0 Å². The van der Waals surface area contributed by atoms with Crippen molar-refractivity contribution in [2.24, 2.45) is 0 Å². The average molecular weight is 931 g/mol. The van der Waals surface area contributed by atoms with Crippen LogP contribution >= 0.6 is 0 Å². The maximum atomic E-state index is 12.4. The third-order valence-electron chi connectivity index (χ3n) is 13.7. The first-order chi connectivity index (χ1) is 32.5. The average Bonchev–Trinajstić information content (AvgIpc) is 3.32. The van der Waals surface area contributed by atoms with Crippen molar-refractivity contribution in [3.05, 3.63) is 24.3 Å². The fraction of sp³-hybridized carbons (Fsp3) is 0.900. The topological polar surface area (TPSA) is 95.9 Å². The van der Waals surface area contributed by atoms with Crippen LogP contribution in [-0.4, -0.2) is 47.4 Å². The van der Waals surface area contributed by atoms with Gasteiger partial charge in [0, 0.05) is 12.8 Å². The zero-order chi connectivity index (χ0) is 47.9. The lowest BCUT2D eigenvalue weighted by Gasteiger charge is -2.20. The minimum atomic E-state index is -0.849. The van der Waals surface area contributed by atoms with Crippen molar-refractivity contribution in [1.82, 2.24) is 5.32 Å². The molecular formula is C60H115NO5. The second kappa shape index (κ2) is 55.9. The van der Waals surface area contributed by atoms with E-state index in [1.165, 1.54) is 250 Å². The largest absolute Gasteiger partial charge is 0.466 e. The highest BCUT2D eigenvalue weighted by molar-refractivity contribution is 5.76. The number of amides is 1. The van der Waals surface area contributed by atoms with Gasteiger partial charge in [-0.05, 0) is 57.8 Å². The lowest BCUT2D eigenvalue weighted by atomic mass is 10.0. The van der Waals surface area contributed by atoms with Crippen LogP contribution in [0.4, 0.5) is 0 Å². The number of hydrogen-bond donors (Lipinski definition) is 3. The minimum Gasteiger partial charge on any atom is -0.466 e. The van der Waals surface area contributed by atoms with Gasteiger partial charge in [-0.15, -0.1) is 0 Å². The molecule has 0 radical (unpaired) electrons. The van der Waals surface area contributed by atoms with E-state index >= 15 is 0 Å². The van der Waals surface area contributed by atoms with Crippen LogP contribution in [-0.2, 0) is 14.3 Å². The zero-order valence-corrected chi connectivity index (χ0v) is 44.4. The van der Waals surface area contributed by atoms with Crippen LogP contribution in [0, 0.1) is 0 Å². The molecule has 0 aromatic rings. The number of ether oxygens (including phenoxy) is 1. The quantitative estimate of drug-likeness (QED) is 0.0321. The molecule has 1 amide bonds. The molecule has 0 bridgehead atoms. The molecule has 2 atom stereocenters. The molecule has 0 rings (SSSR count). The molecule has 0 saturated heterocycles. The third-order valence-corrected chi connectivity index (χ3v) is 13.7. The van der Waals surface area contributed by atoms with E-state index in [1.807, 2.05) is 6.08 Å². The molecule has 6 nitrogen and oxygen atoms in total. The number of allylic oxidation sites excluding steroid dienone is 3. The van der Waals surface area contributed by atoms with Gasteiger partial charge in [-0.2, -0.15) is 0 Å². The summed E-state index contributed by atoms with van der Waals surface area (Å²) < 4.78 is 5.49. The highest BCUT2D eigenvalue weighted by Gasteiger charge is 2.18. The second-order valence-electron chi connectivity index (χ2n) is 20.3. The number of esters is 1. The second-order valence-corrected chi connectivity index (χ2v) is 20.3. The summed E-state index contributed by atoms with van der Waals surface area (Å²) >= 11 is 0. The van der Waals surface area contributed by atoms with E-state index in [9.17, 15) is 19.8 Å². The van der Waals surface area contributed by atoms with Crippen molar-refractivity contribution in [2.45, 2.75) is 334 Å². The summed E-state index contributed by atoms with van der Waals surface area (Å²) in [4.78, 5) is 24.5. The number of rotatable bonds is 55. The van der Waals surface area contributed by atoms with Gasteiger partial charge in [0.15, 0.2) is 0 Å². The van der Waals surface area contributed by atoms with Gasteiger partial charge in [0.1, 0.15) is 0 Å². The molecule has 0 heterocycles. The van der Waals surface area contributed by atoms with Crippen molar-refractivity contribution >= 4 is 11.9 Å². The van der Waals surface area contributed by atoms with Crippen molar-refractivity contribution < 1.29 is 24.5 Å². The summed E-state index contributed by atoms with van der Waals surface area (Å²) in [7, 11) is 0. The number of aliphatic hydroxyl groups excluding tert-OH is 2. The predicted octanol–water partition coefficient (Wildman–Crippen LogP) is 18.2. The maximum absolute atomic E-state index is 12.4. The van der Waals surface area contributed by atoms with Crippen LogP contribution in [0.3, 0.4) is 0 Å². The van der Waals surface area contributed by atoms with Crippen molar-refractivity contribution in [2.75, 3.05) is 13.2 Å². The molecular weight excluding hydrogens is 815 g/mol. The number of nitrogens with one attached hydrogen (secondary N) is 1. The fourth-order valence-electron chi connectivity index (χ4n) is 9.16. The van der Waals surface area contributed by atoms with Crippen LogP contribution in [0.25, 0.3) is 0 Å². The Bertz CT molecular complexity index is 1030. The summed E-state index contributed by atoms with van der Waals surface area (Å²) in [6.45, 7) is 4.90. The molecule has 0 aliphatic heterocycles. The van der Waals surface area contributed by atoms with Gasteiger partial charge in [0.25, 0.3) is 0 Å². The Hall–Kier alpha value is -1.66. The summed E-state index contributed by atoms with van der Waals surface area (Å²) in [6, 6.07) is -0.633. The monoisotopic (exact) mass is 930 g/mol. The first kappa shape index (κ1) is 64.3. The predicted molar refractivity (Wildman–Crippen MR) is 287 cm³/mol. The van der Waals surface area contributed by atoms with Crippen LogP contribution in [0.2, 0.25) is 0 Å². The van der Waals surface area contributed by atoms with Gasteiger partial charge in [0.2, 0.25) is 5.91 Å². The molecule has 66 heavy (non-hydrogen) atoms. The van der Waals surface area contributed by atoms with E-state index in [0.29, 0.717) is 19.4 Å². The smallest absolute Gasteiger partial charge is 0.305 e. The van der Waals surface area contributed by atoms with E-state index in [0.717, 1.165) is 44.9 Å². The molecule has 0 saturated carbocycles. The molecule has 390 valence electrons. The van der Waals surface area contributed by atoms with E-state index in [1.54, 1.807) is 6.08 Å². The van der Waals surface area contributed by atoms with Crippen LogP contribution in [0.5, 0.6) is 0 Å². The summed E-state index contributed by atoms with van der Waals surface area (Å²) in [5.74, 6) is -0.0671. The summed E-state index contributed by atoms with van der Waals surface area (Å²) in [6.07, 6.45) is 67.8. The molecule has 0 aromatic carbocycles. The van der Waals surface area contributed by atoms with E-state index in [-0.39, 0.29) is 18.5 Å². The van der Waals surface area contributed by atoms with Gasteiger partial charge < -0.3 is 20.3 Å². The van der Waals surface area contributed by atoms with E-state index < -0.39 is 12.1 Å². The van der Waals surface area contributed by atoms with Gasteiger partial charge in [-0.1, -0.05) is 276 Å². The van der Waals surface area contributed by atoms with Gasteiger partial charge in [0.05, 0.1) is 25.4 Å². The highest BCUT2D eigenvalue weighted by Crippen LogP contribution is 2.17. The summed E-state index contributed by atoms with van der Waals surface area (Å²) in [5, 5.41) is 23.1. The Morgan fingerprint density at radius 3 is 1.08 bits per heavy atom. The number of hydrogen-bond acceptors (Lipinski definition) is 5. The molecule has 2 unspecified atom stereocenters. The standard InChI is InChI=1S/C60H115NO5/c1-3-5-7-9-11-13-15-17-18-26-30-34-38-42-46-50-54-60(65)66-55-51-47-43-39-35-31-27-24-22-20-19-21-23-25-29-33-37-41-45-49-53-59(64)61-57(56-62)58(63)52-48-44-40-36-32-28-16-14-12-10-8-6-4-2/h19,21,48,52,57-58,62-63H,3-18,20,22-47,49-51,53-56H2,1-2H3,(H,61,64)/b21-19-,52-48+. The SMILES string of the molecule is CCCCCCCCCCCCC/C=C/C(O)C(CO)NC(=O)CCCCCCCCC/C=C\CCCCCCCCCCCOC(=O)CCCCCCCCCCCCCCCCCC. The number of aliphatic hydroxyl groups is 2. The number of carbonyl (C=O) groups is 2. The Kier molecular flexibility index (Phi) is 54.5. The Labute approximate surface area is 411 Å². The van der Waals surface area contributed by atoms with E-state index in [2.05, 4.69) is 31.3 Å². The maximum Gasteiger partial charge on any atom is 0.305 e. The first-order valence-electron chi connectivity index (χ1n) is 29.6. The van der Waals surface area contributed by atoms with Gasteiger partial charge in [-0.3, -0.25) is 9.59 Å². The first-order valence-corrected chi connectivity index (χ1v) is 29.6. The minimum absolute atomic E-state index is 0.00907. The molecule has 6 heteroatoms. The van der Waals surface area contributed by atoms with Crippen LogP contribution in [0.1, 0.15) is 322 Å². The Morgan fingerprint density at radius 1 is 0.409 bits per heavy atom. The fourth-order valence-corrected chi connectivity index (χ4v) is 9.16. The van der Waals surface area contributed by atoms with Crippen LogP contribution < -0.4 is 5.32 Å².